The number of allylic oxidation sites excluding steroid dienone is 1. The molecule has 0 aromatic rings. The molecule has 8 nitrogen and oxygen atoms in total. The van der Waals surface area contributed by atoms with Crippen molar-refractivity contribution < 1.29 is 37.3 Å². The predicted octanol–water partition coefficient (Wildman–Crippen LogP) is 11.8. The van der Waals surface area contributed by atoms with Crippen LogP contribution in [0.4, 0.5) is 0 Å². The standard InChI is InChI=1S/C40H80NO7P/c1-6-8-10-12-14-16-18-20-22-24-26-28-30-32-35-45-37-39(38-47-49(43,44)46-36-34-41(3,4)5)48-40(42)33-31-29-27-25-23-21-19-17-15-13-11-9-7-2/h32,35,39H,6-31,33-34,36-38H2,1-5H3/p+1/b35-32-. The van der Waals surface area contributed by atoms with Crippen molar-refractivity contribution in [3.8, 4) is 0 Å². The van der Waals surface area contributed by atoms with E-state index in [1.807, 2.05) is 27.2 Å². The maximum Gasteiger partial charge on any atom is 0.472 e. The van der Waals surface area contributed by atoms with Crippen molar-refractivity contribution in [1.29, 1.82) is 0 Å². The highest BCUT2D eigenvalue weighted by molar-refractivity contribution is 7.47. The van der Waals surface area contributed by atoms with Crippen LogP contribution < -0.4 is 0 Å². The summed E-state index contributed by atoms with van der Waals surface area (Å²) in [4.78, 5) is 22.8. The number of nitrogens with zero attached hydrogens (tertiary/aromatic N) is 1. The topological polar surface area (TPSA) is 91.3 Å². The number of likely N-dealkylation sites (N-methyl/N-ethyl adjacent to an activating group) is 1. The van der Waals surface area contributed by atoms with Crippen molar-refractivity contribution in [1.82, 2.24) is 0 Å². The molecule has 0 heterocycles. The first kappa shape index (κ1) is 48.1. The van der Waals surface area contributed by atoms with Gasteiger partial charge in [-0.15, -0.1) is 0 Å². The van der Waals surface area contributed by atoms with E-state index in [0.717, 1.165) is 32.1 Å². The van der Waals surface area contributed by atoms with Crippen LogP contribution in [-0.4, -0.2) is 69.0 Å². The zero-order valence-corrected chi connectivity index (χ0v) is 33.8. The van der Waals surface area contributed by atoms with Crippen LogP contribution in [0.1, 0.15) is 187 Å². The van der Waals surface area contributed by atoms with Gasteiger partial charge in [0.05, 0.1) is 34.0 Å². The van der Waals surface area contributed by atoms with E-state index < -0.39 is 13.9 Å². The van der Waals surface area contributed by atoms with Gasteiger partial charge < -0.3 is 18.9 Å². The quantitative estimate of drug-likeness (QED) is 0.0223. The van der Waals surface area contributed by atoms with Crippen LogP contribution in [0.5, 0.6) is 0 Å². The lowest BCUT2D eigenvalue weighted by molar-refractivity contribution is -0.870. The van der Waals surface area contributed by atoms with Crippen molar-refractivity contribution in [2.45, 2.75) is 193 Å². The second-order valence-electron chi connectivity index (χ2n) is 15.1. The van der Waals surface area contributed by atoms with Crippen LogP contribution in [0.2, 0.25) is 0 Å². The first-order valence-electron chi connectivity index (χ1n) is 20.5. The first-order chi connectivity index (χ1) is 23.6. The molecule has 0 bridgehead atoms. The van der Waals surface area contributed by atoms with E-state index in [9.17, 15) is 14.3 Å². The zero-order valence-electron chi connectivity index (χ0n) is 32.9. The van der Waals surface area contributed by atoms with Gasteiger partial charge in [0.2, 0.25) is 0 Å². The molecule has 0 saturated carbocycles. The molecule has 0 aliphatic heterocycles. The molecule has 0 saturated heterocycles. The summed E-state index contributed by atoms with van der Waals surface area (Å²) in [5.74, 6) is -0.334. The smallest absolute Gasteiger partial charge is 0.472 e. The summed E-state index contributed by atoms with van der Waals surface area (Å²) in [7, 11) is 1.65. The normalized spacial score (nSPS) is 13.9. The van der Waals surface area contributed by atoms with E-state index >= 15 is 0 Å². The van der Waals surface area contributed by atoms with Crippen LogP contribution >= 0.6 is 7.82 Å². The van der Waals surface area contributed by atoms with E-state index in [1.54, 1.807) is 6.26 Å². The molecular formula is C40H81NO7P+. The van der Waals surface area contributed by atoms with E-state index in [0.29, 0.717) is 17.4 Å². The van der Waals surface area contributed by atoms with Crippen molar-refractivity contribution in [2.24, 2.45) is 0 Å². The Morgan fingerprint density at radius 3 is 1.51 bits per heavy atom. The maximum absolute atomic E-state index is 12.6. The minimum absolute atomic E-state index is 0.0537. The van der Waals surface area contributed by atoms with Crippen LogP contribution in [0.25, 0.3) is 0 Å². The van der Waals surface area contributed by atoms with Gasteiger partial charge in [-0.05, 0) is 25.3 Å². The average molecular weight is 719 g/mol. The highest BCUT2D eigenvalue weighted by atomic mass is 31.2. The Bertz CT molecular complexity index is 802. The van der Waals surface area contributed by atoms with Gasteiger partial charge in [-0.1, -0.05) is 162 Å². The number of carbonyl (C=O) groups excluding carboxylic acids is 1. The molecule has 2 atom stereocenters. The number of ether oxygens (including phenoxy) is 2. The second-order valence-corrected chi connectivity index (χ2v) is 16.6. The number of hydrogen-bond donors (Lipinski definition) is 1. The fourth-order valence-electron chi connectivity index (χ4n) is 5.69. The Labute approximate surface area is 303 Å². The molecule has 2 unspecified atom stereocenters. The Hall–Kier alpha value is -0.920. The molecule has 0 rings (SSSR count). The summed E-state index contributed by atoms with van der Waals surface area (Å²) in [5.41, 5.74) is 0. The molecular weight excluding hydrogens is 637 g/mol. The molecule has 1 N–H and O–H groups in total. The second kappa shape index (κ2) is 34.2. The SMILES string of the molecule is CCCCCCCCCCCCCC/C=C\OCC(COP(=O)(O)OCC[N+](C)(C)C)OC(=O)CCCCCCCCCCCCCCC. The number of rotatable bonds is 38. The molecule has 0 aromatic heterocycles. The lowest BCUT2D eigenvalue weighted by atomic mass is 10.0. The third kappa shape index (κ3) is 38.1. The fraction of sp³-hybridized carbons (Fsp3) is 0.925. The lowest BCUT2D eigenvalue weighted by Gasteiger charge is -2.24. The van der Waals surface area contributed by atoms with Crippen molar-refractivity contribution >= 4 is 13.8 Å². The van der Waals surface area contributed by atoms with Gasteiger partial charge in [-0.2, -0.15) is 0 Å². The Balaban J connectivity index is 4.31. The summed E-state index contributed by atoms with van der Waals surface area (Å²) in [6.07, 6.45) is 36.1. The maximum atomic E-state index is 12.6. The number of phosphoric ester groups is 1. The molecule has 292 valence electrons. The van der Waals surface area contributed by atoms with Gasteiger partial charge in [0.25, 0.3) is 0 Å². The monoisotopic (exact) mass is 719 g/mol. The average Bonchev–Trinajstić information content (AvgIpc) is 3.04. The minimum Gasteiger partial charge on any atom is -0.498 e. The molecule has 0 aliphatic carbocycles. The van der Waals surface area contributed by atoms with E-state index in [4.69, 9.17) is 18.5 Å². The molecule has 0 aliphatic rings. The number of quaternary nitrogens is 1. The van der Waals surface area contributed by atoms with E-state index in [-0.39, 0.29) is 25.8 Å². The summed E-state index contributed by atoms with van der Waals surface area (Å²) >= 11 is 0. The molecule has 0 radical (unpaired) electrons. The van der Waals surface area contributed by atoms with Gasteiger partial charge in [0.15, 0.2) is 6.10 Å². The third-order valence-corrected chi connectivity index (χ3v) is 9.91. The van der Waals surface area contributed by atoms with Gasteiger partial charge in [0.1, 0.15) is 19.8 Å². The molecule has 0 fully saturated rings. The fourth-order valence-corrected chi connectivity index (χ4v) is 6.44. The van der Waals surface area contributed by atoms with Crippen LogP contribution in [0.15, 0.2) is 12.3 Å². The third-order valence-electron chi connectivity index (χ3n) is 8.92. The Morgan fingerprint density at radius 1 is 0.633 bits per heavy atom. The molecule has 0 aromatic carbocycles. The summed E-state index contributed by atoms with van der Waals surface area (Å²) in [6, 6.07) is 0. The van der Waals surface area contributed by atoms with Crippen molar-refractivity contribution in [2.75, 3.05) is 47.5 Å². The zero-order chi connectivity index (χ0) is 36.3. The van der Waals surface area contributed by atoms with Gasteiger partial charge in [-0.25, -0.2) is 4.57 Å². The molecule has 0 spiro atoms. The van der Waals surface area contributed by atoms with Crippen LogP contribution in [-0.2, 0) is 27.9 Å². The van der Waals surface area contributed by atoms with Crippen LogP contribution in [0.3, 0.4) is 0 Å². The number of phosphoric acid groups is 1. The highest BCUT2D eigenvalue weighted by Crippen LogP contribution is 2.43. The Kier molecular flexibility index (Phi) is 33.5. The van der Waals surface area contributed by atoms with E-state index in [2.05, 4.69) is 13.8 Å². The molecule has 0 amide bonds. The highest BCUT2D eigenvalue weighted by Gasteiger charge is 2.26. The number of carbonyl (C=O) groups is 1. The van der Waals surface area contributed by atoms with Gasteiger partial charge in [0, 0.05) is 6.42 Å². The lowest BCUT2D eigenvalue weighted by Crippen LogP contribution is -2.37. The van der Waals surface area contributed by atoms with E-state index in [1.165, 1.54) is 135 Å². The number of hydrogen-bond acceptors (Lipinski definition) is 6. The summed E-state index contributed by atoms with van der Waals surface area (Å²) in [5, 5.41) is 0. The van der Waals surface area contributed by atoms with Crippen molar-refractivity contribution in [3.05, 3.63) is 12.3 Å². The molecule has 49 heavy (non-hydrogen) atoms. The van der Waals surface area contributed by atoms with Gasteiger partial charge in [-0.3, -0.25) is 13.8 Å². The minimum atomic E-state index is -4.28. The van der Waals surface area contributed by atoms with Crippen LogP contribution in [0, 0.1) is 0 Å². The summed E-state index contributed by atoms with van der Waals surface area (Å²) in [6.45, 7) is 4.94. The largest absolute Gasteiger partial charge is 0.498 e. The first-order valence-corrected chi connectivity index (χ1v) is 22.0. The Morgan fingerprint density at radius 2 is 1.06 bits per heavy atom. The van der Waals surface area contributed by atoms with Crippen molar-refractivity contribution in [3.63, 3.8) is 0 Å². The molecule has 9 heteroatoms. The predicted molar refractivity (Wildman–Crippen MR) is 206 cm³/mol. The summed E-state index contributed by atoms with van der Waals surface area (Å²) < 4.78 is 34.7. The van der Waals surface area contributed by atoms with Gasteiger partial charge >= 0.3 is 13.8 Å². The number of esters is 1. The number of unbranched alkanes of at least 4 members (excludes halogenated alkanes) is 24.